The van der Waals surface area contributed by atoms with Gasteiger partial charge in [0.1, 0.15) is 11.2 Å². The minimum Gasteiger partial charge on any atom is -0.456 e. The Bertz CT molecular complexity index is 3620. The van der Waals surface area contributed by atoms with Gasteiger partial charge < -0.3 is 18.3 Å². The van der Waals surface area contributed by atoms with Crippen molar-refractivity contribution < 1.29 is 9.15 Å². The Morgan fingerprint density at radius 1 is 0.375 bits per heavy atom. The van der Waals surface area contributed by atoms with Crippen molar-refractivity contribution in [3.63, 3.8) is 0 Å². The summed E-state index contributed by atoms with van der Waals surface area (Å²) in [6, 6.07) is 65.4. The highest BCUT2D eigenvalue weighted by atomic mass is 16.5. The average Bonchev–Trinajstić information content (AvgIpc) is 3.92. The van der Waals surface area contributed by atoms with E-state index in [4.69, 9.17) is 9.15 Å². The average molecular weight is 715 g/mol. The van der Waals surface area contributed by atoms with E-state index >= 15 is 0 Å². The topological polar surface area (TPSA) is 32.2 Å². The second kappa shape index (κ2) is 11.0. The van der Waals surface area contributed by atoms with Crippen molar-refractivity contribution >= 4 is 76.3 Å². The summed E-state index contributed by atoms with van der Waals surface area (Å²) < 4.78 is 17.7. The fraction of sp³-hybridized carbons (Fsp3) is 0. The van der Waals surface area contributed by atoms with Crippen molar-refractivity contribution in [2.45, 2.75) is 0 Å². The van der Waals surface area contributed by atoms with Gasteiger partial charge in [-0.25, -0.2) is 0 Å². The lowest BCUT2D eigenvalue weighted by Crippen LogP contribution is -2.03. The summed E-state index contributed by atoms with van der Waals surface area (Å²) >= 11 is 0. The van der Waals surface area contributed by atoms with Gasteiger partial charge in [-0.15, -0.1) is 0 Å². The molecule has 56 heavy (non-hydrogen) atoms. The van der Waals surface area contributed by atoms with E-state index in [2.05, 4.69) is 179 Å². The number of furan rings is 1. The van der Waals surface area contributed by atoms with E-state index in [1.165, 1.54) is 48.9 Å². The first-order valence-corrected chi connectivity index (χ1v) is 19.1. The Balaban J connectivity index is 1.02. The molecule has 1 aliphatic heterocycles. The highest BCUT2D eigenvalue weighted by molar-refractivity contribution is 6.23. The van der Waals surface area contributed by atoms with Crippen LogP contribution in [-0.4, -0.2) is 9.13 Å². The molecule has 0 saturated carbocycles. The summed E-state index contributed by atoms with van der Waals surface area (Å²) in [4.78, 5) is 0. The number of benzene rings is 9. The van der Waals surface area contributed by atoms with Crippen molar-refractivity contribution in [3.05, 3.63) is 182 Å². The molecule has 0 unspecified atom stereocenters. The summed E-state index contributed by atoms with van der Waals surface area (Å²) in [5, 5.41) is 9.62. The van der Waals surface area contributed by atoms with Crippen LogP contribution in [-0.2, 0) is 0 Å². The number of nitrogens with zero attached hydrogens (tertiary/aromatic N) is 2. The molecule has 12 aromatic rings. The fourth-order valence-corrected chi connectivity index (χ4v) is 9.46. The predicted molar refractivity (Wildman–Crippen MR) is 231 cm³/mol. The normalized spacial score (nSPS) is 12.4. The molecule has 9 aromatic carbocycles. The summed E-state index contributed by atoms with van der Waals surface area (Å²) in [5.41, 5.74) is 13.3. The van der Waals surface area contributed by atoms with Gasteiger partial charge in [0.2, 0.25) is 0 Å². The van der Waals surface area contributed by atoms with Crippen LogP contribution in [0.4, 0.5) is 0 Å². The standard InChI is InChI=1S/C52H30N2O2/c1-2-11-35(12-3-1)53-43-25-22-34(30-40(43)50-36-13-5-4-10-31(36)20-26-45(50)53)37-14-8-18-48-51(37)41-29-33(23-27-46(41)55-48)32-21-24-42-39(28-32)38-15-9-19-49-52(38)54(42)44-16-6-7-17-47(44)56-49/h1-30H. The van der Waals surface area contributed by atoms with E-state index < -0.39 is 0 Å². The third-order valence-corrected chi connectivity index (χ3v) is 11.9. The monoisotopic (exact) mass is 714 g/mol. The Morgan fingerprint density at radius 2 is 1.07 bits per heavy atom. The van der Waals surface area contributed by atoms with Crippen LogP contribution in [0.15, 0.2) is 186 Å². The molecule has 260 valence electrons. The molecule has 4 nitrogen and oxygen atoms in total. The van der Waals surface area contributed by atoms with Crippen molar-refractivity contribution in [3.8, 4) is 45.1 Å². The van der Waals surface area contributed by atoms with Crippen LogP contribution in [0.25, 0.3) is 110 Å². The molecular formula is C52H30N2O2. The lowest BCUT2D eigenvalue weighted by Gasteiger charge is -2.20. The van der Waals surface area contributed by atoms with Crippen molar-refractivity contribution in [1.82, 2.24) is 9.13 Å². The van der Waals surface area contributed by atoms with E-state index in [0.29, 0.717) is 0 Å². The van der Waals surface area contributed by atoms with Crippen molar-refractivity contribution in [2.24, 2.45) is 0 Å². The van der Waals surface area contributed by atoms with Gasteiger partial charge in [0, 0.05) is 38.0 Å². The van der Waals surface area contributed by atoms with Gasteiger partial charge in [0.15, 0.2) is 11.5 Å². The quantitative estimate of drug-likeness (QED) is 0.182. The maximum Gasteiger partial charge on any atom is 0.152 e. The highest BCUT2D eigenvalue weighted by Gasteiger charge is 2.24. The fourth-order valence-electron chi connectivity index (χ4n) is 9.46. The molecule has 1 aliphatic rings. The third kappa shape index (κ3) is 4.02. The zero-order valence-corrected chi connectivity index (χ0v) is 30.0. The van der Waals surface area contributed by atoms with Crippen LogP contribution >= 0.6 is 0 Å². The van der Waals surface area contributed by atoms with Gasteiger partial charge in [0.05, 0.1) is 27.8 Å². The van der Waals surface area contributed by atoms with Crippen LogP contribution in [0.1, 0.15) is 0 Å². The first kappa shape index (κ1) is 29.8. The van der Waals surface area contributed by atoms with Gasteiger partial charge >= 0.3 is 0 Å². The number of rotatable bonds is 3. The molecule has 4 heterocycles. The molecule has 0 aliphatic carbocycles. The number of ether oxygens (including phenoxy) is 1. The first-order valence-electron chi connectivity index (χ1n) is 19.1. The Hall–Kier alpha value is -7.56. The first-order chi connectivity index (χ1) is 27.8. The zero-order chi connectivity index (χ0) is 36.5. The molecule has 0 bridgehead atoms. The van der Waals surface area contributed by atoms with Gasteiger partial charge in [0.25, 0.3) is 0 Å². The molecule has 4 heteroatoms. The number of para-hydroxylation sites is 4. The summed E-state index contributed by atoms with van der Waals surface area (Å²) in [6.45, 7) is 0. The van der Waals surface area contributed by atoms with Crippen molar-refractivity contribution in [1.29, 1.82) is 0 Å². The van der Waals surface area contributed by atoms with E-state index in [0.717, 1.165) is 72.6 Å². The molecule has 0 spiro atoms. The molecule has 0 saturated heterocycles. The van der Waals surface area contributed by atoms with Gasteiger partial charge in [-0.05, 0) is 112 Å². The summed E-state index contributed by atoms with van der Waals surface area (Å²) in [5.74, 6) is 1.75. The zero-order valence-electron chi connectivity index (χ0n) is 30.0. The molecular weight excluding hydrogens is 685 g/mol. The van der Waals surface area contributed by atoms with Crippen LogP contribution in [0.2, 0.25) is 0 Å². The minimum absolute atomic E-state index is 0.872. The van der Waals surface area contributed by atoms with Gasteiger partial charge in [-0.1, -0.05) is 103 Å². The van der Waals surface area contributed by atoms with E-state index in [1.54, 1.807) is 0 Å². The predicted octanol–water partition coefficient (Wildman–Crippen LogP) is 14.4. The molecule has 3 aromatic heterocycles. The lowest BCUT2D eigenvalue weighted by molar-refractivity contribution is 0.476. The number of hydrogen-bond donors (Lipinski definition) is 0. The van der Waals surface area contributed by atoms with Crippen LogP contribution in [0.5, 0.6) is 11.5 Å². The third-order valence-electron chi connectivity index (χ3n) is 11.9. The van der Waals surface area contributed by atoms with E-state index in [1.807, 2.05) is 12.1 Å². The maximum absolute atomic E-state index is 6.56. The van der Waals surface area contributed by atoms with E-state index in [-0.39, 0.29) is 0 Å². The SMILES string of the molecule is c1ccc(-n2c3ccc(-c4cccc5oc6ccc(-c7ccc8c(c7)c7cccc9c7n8-c7ccccc7O9)cc6c45)cc3c3c4ccccc4ccc32)cc1. The second-order valence-corrected chi connectivity index (χ2v) is 14.9. The van der Waals surface area contributed by atoms with Gasteiger partial charge in [-0.3, -0.25) is 0 Å². The highest BCUT2D eigenvalue weighted by Crippen LogP contribution is 2.47. The minimum atomic E-state index is 0.872. The largest absolute Gasteiger partial charge is 0.456 e. The molecule has 0 fully saturated rings. The molecule has 0 atom stereocenters. The Morgan fingerprint density at radius 3 is 2.00 bits per heavy atom. The van der Waals surface area contributed by atoms with Crippen molar-refractivity contribution in [2.75, 3.05) is 0 Å². The van der Waals surface area contributed by atoms with Crippen LogP contribution in [0, 0.1) is 0 Å². The van der Waals surface area contributed by atoms with Gasteiger partial charge in [-0.2, -0.15) is 0 Å². The van der Waals surface area contributed by atoms with Crippen LogP contribution in [0.3, 0.4) is 0 Å². The maximum atomic E-state index is 6.56. The summed E-state index contributed by atoms with van der Waals surface area (Å²) in [7, 11) is 0. The molecule has 0 radical (unpaired) electrons. The summed E-state index contributed by atoms with van der Waals surface area (Å²) in [6.07, 6.45) is 0. The van der Waals surface area contributed by atoms with Crippen LogP contribution < -0.4 is 4.74 Å². The number of aromatic nitrogens is 2. The molecule has 13 rings (SSSR count). The Kier molecular flexibility index (Phi) is 5.86. The molecule has 0 N–H and O–H groups in total. The molecule has 0 amide bonds. The second-order valence-electron chi connectivity index (χ2n) is 14.9. The Labute approximate surface area is 320 Å². The lowest BCUT2D eigenvalue weighted by atomic mass is 9.95. The number of hydrogen-bond acceptors (Lipinski definition) is 2. The smallest absolute Gasteiger partial charge is 0.152 e. The number of fused-ring (bicyclic) bond motifs is 13. The van der Waals surface area contributed by atoms with E-state index in [9.17, 15) is 0 Å².